The molecule has 0 unspecified atom stereocenters. The van der Waals surface area contributed by atoms with E-state index in [-0.39, 0.29) is 10.8 Å². The smallest absolute Gasteiger partial charge is 0.251 e. The summed E-state index contributed by atoms with van der Waals surface area (Å²) in [5.41, 5.74) is 0.502. The Labute approximate surface area is 163 Å². The monoisotopic (exact) mass is 393 g/mol. The van der Waals surface area contributed by atoms with E-state index in [9.17, 15) is 13.2 Å². The highest BCUT2D eigenvalue weighted by molar-refractivity contribution is 7.89. The van der Waals surface area contributed by atoms with E-state index < -0.39 is 10.0 Å². The second kappa shape index (κ2) is 9.17. The van der Waals surface area contributed by atoms with Crippen LogP contribution in [0.2, 0.25) is 0 Å². The van der Waals surface area contributed by atoms with Crippen LogP contribution in [0.4, 0.5) is 0 Å². The molecule has 27 heavy (non-hydrogen) atoms. The van der Waals surface area contributed by atoms with E-state index in [1.54, 1.807) is 12.1 Å². The fraction of sp³-hybridized carbons (Fsp3) is 0.650. The average Bonchev–Trinajstić information content (AvgIpc) is 3.22. The second-order valence-corrected chi connectivity index (χ2v) is 9.56. The molecule has 2 aliphatic heterocycles. The first kappa shape index (κ1) is 20.3. The Morgan fingerprint density at radius 1 is 1.07 bits per heavy atom. The molecule has 0 bridgehead atoms. The molecule has 0 aromatic heterocycles. The van der Waals surface area contributed by atoms with Gasteiger partial charge in [0, 0.05) is 37.8 Å². The zero-order valence-electron chi connectivity index (χ0n) is 16.2. The van der Waals surface area contributed by atoms with Gasteiger partial charge in [0.15, 0.2) is 0 Å². The Balaban J connectivity index is 1.47. The predicted octanol–water partition coefficient (Wildman–Crippen LogP) is 2.47. The number of carbonyl (C=O) groups is 1. The van der Waals surface area contributed by atoms with Crippen molar-refractivity contribution in [3.05, 3.63) is 29.8 Å². The summed E-state index contributed by atoms with van der Waals surface area (Å²) in [6.45, 7) is 6.24. The minimum Gasteiger partial charge on any atom is -0.352 e. The van der Waals surface area contributed by atoms with Crippen molar-refractivity contribution < 1.29 is 13.2 Å². The van der Waals surface area contributed by atoms with Crippen molar-refractivity contribution in [2.75, 3.05) is 32.7 Å². The van der Waals surface area contributed by atoms with E-state index in [0.29, 0.717) is 31.2 Å². The first-order valence-corrected chi connectivity index (χ1v) is 11.5. The van der Waals surface area contributed by atoms with Crippen molar-refractivity contribution in [2.45, 2.75) is 56.4 Å². The normalized spacial score (nSPS) is 22.0. The summed E-state index contributed by atoms with van der Waals surface area (Å²) in [6, 6.07) is 6.92. The van der Waals surface area contributed by atoms with Gasteiger partial charge in [0.05, 0.1) is 4.90 Å². The van der Waals surface area contributed by atoms with Gasteiger partial charge in [-0.15, -0.1) is 0 Å². The standard InChI is InChI=1S/C20H31N3O3S/c1-17-7-2-3-13-22(17)14-6-12-21-20(24)18-8-10-19(11-9-18)27(25,26)23-15-4-5-16-23/h8-11,17H,2-7,12-16H2,1H3,(H,21,24)/t17-/m1/s1. The van der Waals surface area contributed by atoms with Crippen molar-refractivity contribution in [2.24, 2.45) is 0 Å². The van der Waals surface area contributed by atoms with Crippen molar-refractivity contribution >= 4 is 15.9 Å². The first-order chi connectivity index (χ1) is 13.0. The number of likely N-dealkylation sites (tertiary alicyclic amines) is 1. The van der Waals surface area contributed by atoms with Gasteiger partial charge >= 0.3 is 0 Å². The molecule has 3 rings (SSSR count). The molecule has 1 aromatic rings. The molecular weight excluding hydrogens is 362 g/mol. The number of benzene rings is 1. The number of piperidine rings is 1. The molecule has 150 valence electrons. The van der Waals surface area contributed by atoms with Gasteiger partial charge in [-0.3, -0.25) is 4.79 Å². The molecule has 0 saturated carbocycles. The summed E-state index contributed by atoms with van der Waals surface area (Å²) in [4.78, 5) is 15.1. The van der Waals surface area contributed by atoms with E-state index in [2.05, 4.69) is 17.1 Å². The summed E-state index contributed by atoms with van der Waals surface area (Å²) in [5, 5.41) is 2.94. The third-order valence-corrected chi connectivity index (χ3v) is 7.58. The van der Waals surface area contributed by atoms with Crippen molar-refractivity contribution in [3.63, 3.8) is 0 Å². The van der Waals surface area contributed by atoms with Gasteiger partial charge in [-0.25, -0.2) is 8.42 Å². The number of hydrogen-bond donors (Lipinski definition) is 1. The molecule has 0 spiro atoms. The molecule has 1 atom stereocenters. The minimum atomic E-state index is -3.42. The highest BCUT2D eigenvalue weighted by Gasteiger charge is 2.27. The number of hydrogen-bond acceptors (Lipinski definition) is 4. The number of carbonyl (C=O) groups excluding carboxylic acids is 1. The summed E-state index contributed by atoms with van der Waals surface area (Å²) < 4.78 is 26.6. The highest BCUT2D eigenvalue weighted by atomic mass is 32.2. The minimum absolute atomic E-state index is 0.146. The zero-order chi connectivity index (χ0) is 19.3. The maximum absolute atomic E-state index is 12.5. The molecule has 2 fully saturated rings. The Hall–Kier alpha value is -1.44. The lowest BCUT2D eigenvalue weighted by Gasteiger charge is -2.33. The van der Waals surface area contributed by atoms with Crippen LogP contribution in [0.15, 0.2) is 29.2 Å². The largest absolute Gasteiger partial charge is 0.352 e. The Bertz CT molecular complexity index is 727. The number of nitrogens with zero attached hydrogens (tertiary/aromatic N) is 2. The molecule has 2 saturated heterocycles. The summed E-state index contributed by atoms with van der Waals surface area (Å²) >= 11 is 0. The number of amides is 1. The van der Waals surface area contributed by atoms with E-state index in [0.717, 1.165) is 32.4 Å². The van der Waals surface area contributed by atoms with Crippen LogP contribution in [0, 0.1) is 0 Å². The van der Waals surface area contributed by atoms with Crippen LogP contribution in [0.25, 0.3) is 0 Å². The lowest BCUT2D eigenvalue weighted by atomic mass is 10.0. The highest BCUT2D eigenvalue weighted by Crippen LogP contribution is 2.21. The van der Waals surface area contributed by atoms with Crippen LogP contribution in [-0.4, -0.2) is 62.3 Å². The number of rotatable bonds is 7. The lowest BCUT2D eigenvalue weighted by molar-refractivity contribution is 0.0948. The van der Waals surface area contributed by atoms with Crippen molar-refractivity contribution in [1.82, 2.24) is 14.5 Å². The summed E-state index contributed by atoms with van der Waals surface area (Å²) in [5.74, 6) is -0.146. The molecule has 0 aliphatic carbocycles. The van der Waals surface area contributed by atoms with E-state index in [4.69, 9.17) is 0 Å². The molecular formula is C20H31N3O3S. The average molecular weight is 394 g/mol. The third kappa shape index (κ3) is 5.09. The molecule has 1 amide bonds. The van der Waals surface area contributed by atoms with Gasteiger partial charge in [0.1, 0.15) is 0 Å². The van der Waals surface area contributed by atoms with E-state index in [1.807, 2.05) is 0 Å². The molecule has 1 aromatic carbocycles. The number of nitrogens with one attached hydrogen (secondary N) is 1. The Kier molecular flexibility index (Phi) is 6.89. The van der Waals surface area contributed by atoms with Crippen LogP contribution < -0.4 is 5.32 Å². The molecule has 2 aliphatic rings. The maximum atomic E-state index is 12.5. The molecule has 0 radical (unpaired) electrons. The maximum Gasteiger partial charge on any atom is 0.251 e. The molecule has 1 N–H and O–H groups in total. The van der Waals surface area contributed by atoms with Crippen LogP contribution in [-0.2, 0) is 10.0 Å². The van der Waals surface area contributed by atoms with Gasteiger partial charge in [-0.2, -0.15) is 4.31 Å². The van der Waals surface area contributed by atoms with Crippen LogP contribution in [0.3, 0.4) is 0 Å². The fourth-order valence-electron chi connectivity index (χ4n) is 3.93. The predicted molar refractivity (Wildman–Crippen MR) is 106 cm³/mol. The lowest BCUT2D eigenvalue weighted by Crippen LogP contribution is -2.39. The quantitative estimate of drug-likeness (QED) is 0.723. The first-order valence-electron chi connectivity index (χ1n) is 10.1. The van der Waals surface area contributed by atoms with Gasteiger partial charge in [0.2, 0.25) is 10.0 Å². The van der Waals surface area contributed by atoms with Gasteiger partial charge in [-0.05, 0) is 69.8 Å². The summed E-state index contributed by atoms with van der Waals surface area (Å²) in [6.07, 6.45) is 6.60. The third-order valence-electron chi connectivity index (χ3n) is 5.67. The SMILES string of the molecule is C[C@@H]1CCCCN1CCCNC(=O)c1ccc(S(=O)(=O)N2CCCC2)cc1. The van der Waals surface area contributed by atoms with Gasteiger partial charge < -0.3 is 10.2 Å². The Morgan fingerprint density at radius 3 is 2.41 bits per heavy atom. The molecule has 6 nitrogen and oxygen atoms in total. The van der Waals surface area contributed by atoms with Crippen molar-refractivity contribution in [1.29, 1.82) is 0 Å². The number of sulfonamides is 1. The molecule has 7 heteroatoms. The fourth-order valence-corrected chi connectivity index (χ4v) is 5.45. The van der Waals surface area contributed by atoms with Gasteiger partial charge in [0.25, 0.3) is 5.91 Å². The molecule has 2 heterocycles. The van der Waals surface area contributed by atoms with Gasteiger partial charge in [-0.1, -0.05) is 6.42 Å². The van der Waals surface area contributed by atoms with Crippen molar-refractivity contribution in [3.8, 4) is 0 Å². The second-order valence-electron chi connectivity index (χ2n) is 7.63. The Morgan fingerprint density at radius 2 is 1.74 bits per heavy atom. The van der Waals surface area contributed by atoms with E-state index >= 15 is 0 Å². The summed E-state index contributed by atoms with van der Waals surface area (Å²) in [7, 11) is -3.42. The van der Waals surface area contributed by atoms with Crippen LogP contribution in [0.5, 0.6) is 0 Å². The van der Waals surface area contributed by atoms with E-state index in [1.165, 1.54) is 35.7 Å². The topological polar surface area (TPSA) is 69.7 Å². The van der Waals surface area contributed by atoms with Crippen LogP contribution >= 0.6 is 0 Å². The van der Waals surface area contributed by atoms with Crippen LogP contribution in [0.1, 0.15) is 55.8 Å². The zero-order valence-corrected chi connectivity index (χ0v) is 17.0.